The Morgan fingerprint density at radius 2 is 1.77 bits per heavy atom. The summed E-state index contributed by atoms with van der Waals surface area (Å²) < 4.78 is 11.7. The normalized spacial score (nSPS) is 59.5. The number of hydrogen-bond acceptors (Lipinski definition) is 1. The summed E-state index contributed by atoms with van der Waals surface area (Å²) in [5.74, 6) is 4.70. The first-order valence-corrected chi connectivity index (χ1v) is 6.99. The molecule has 4 fully saturated rings. The van der Waals surface area contributed by atoms with E-state index in [-0.39, 0.29) is 0 Å². The molecule has 3 aliphatic carbocycles. The zero-order valence-electron chi connectivity index (χ0n) is 8.24. The van der Waals surface area contributed by atoms with Crippen molar-refractivity contribution in [1.29, 1.82) is 0 Å². The molecule has 0 spiro atoms. The zero-order chi connectivity index (χ0) is 9.00. The Labute approximate surface area is 82.7 Å². The molecule has 1 saturated heterocycles. The average Bonchev–Trinajstić information content (AvgIpc) is 2.29. The van der Waals surface area contributed by atoms with Gasteiger partial charge in [0.25, 0.3) is 0 Å². The highest BCUT2D eigenvalue weighted by atomic mass is 32.2. The minimum absolute atomic E-state index is 0.490. The van der Waals surface area contributed by atoms with E-state index in [0.717, 1.165) is 29.4 Å². The summed E-state index contributed by atoms with van der Waals surface area (Å²) in [6.45, 7) is 2.21. The predicted molar refractivity (Wildman–Crippen MR) is 54.9 cm³/mol. The third-order valence-electron chi connectivity index (χ3n) is 4.58. The van der Waals surface area contributed by atoms with E-state index < -0.39 is 10.8 Å². The third kappa shape index (κ3) is 1.21. The lowest BCUT2D eigenvalue weighted by Gasteiger charge is -2.33. The van der Waals surface area contributed by atoms with Gasteiger partial charge in [0.1, 0.15) is 0 Å². The highest BCUT2D eigenvalue weighted by Crippen LogP contribution is 2.51. The second-order valence-electron chi connectivity index (χ2n) is 5.35. The highest BCUT2D eigenvalue weighted by molar-refractivity contribution is 7.85. The molecular weight excluding hydrogens is 180 g/mol. The molecule has 0 aromatic carbocycles. The molecule has 1 nitrogen and oxygen atoms in total. The van der Waals surface area contributed by atoms with Crippen molar-refractivity contribution in [2.75, 3.05) is 5.75 Å². The van der Waals surface area contributed by atoms with Gasteiger partial charge in [0.15, 0.2) is 0 Å². The van der Waals surface area contributed by atoms with E-state index in [1.165, 1.54) is 25.7 Å². The molecule has 3 unspecified atom stereocenters. The lowest BCUT2D eigenvalue weighted by molar-refractivity contribution is 0.191. The maximum Gasteiger partial charge on any atom is 0.0351 e. The molecular formula is C11H18OS. The van der Waals surface area contributed by atoms with Crippen LogP contribution in [0.5, 0.6) is 0 Å². The highest BCUT2D eigenvalue weighted by Gasteiger charge is 2.46. The van der Waals surface area contributed by atoms with E-state index in [4.69, 9.17) is 0 Å². The van der Waals surface area contributed by atoms with Crippen LogP contribution >= 0.6 is 0 Å². The zero-order valence-corrected chi connectivity index (χ0v) is 9.06. The van der Waals surface area contributed by atoms with Gasteiger partial charge in [-0.05, 0) is 49.4 Å². The van der Waals surface area contributed by atoms with Gasteiger partial charge in [0.05, 0.1) is 0 Å². The molecule has 0 N–H and O–H groups in total. The van der Waals surface area contributed by atoms with Crippen LogP contribution in [0, 0.1) is 23.7 Å². The van der Waals surface area contributed by atoms with Crippen molar-refractivity contribution in [1.82, 2.24) is 0 Å². The Morgan fingerprint density at radius 3 is 2.54 bits per heavy atom. The molecule has 1 aliphatic heterocycles. The number of hydrogen-bond donors (Lipinski definition) is 0. The molecule has 4 atom stereocenters. The molecule has 2 heteroatoms. The summed E-state index contributed by atoms with van der Waals surface area (Å²) in [7, 11) is -0.490. The molecule has 4 aliphatic rings. The molecule has 0 aromatic heterocycles. The summed E-state index contributed by atoms with van der Waals surface area (Å²) in [5.41, 5.74) is 0. The molecule has 1 heterocycles. The lowest BCUT2D eigenvalue weighted by Crippen LogP contribution is -2.23. The Bertz CT molecular complexity index is 244. The standard InChI is InChI=1S/C11H18OS/c1-7-11-5-9-2-8(3-9)4-10(11)6-13(7)12/h7-11H,2-6H2,1H3/t7?,8?,9?,10?,11?,13-/m1/s1. The van der Waals surface area contributed by atoms with Crippen molar-refractivity contribution in [3.05, 3.63) is 0 Å². The molecule has 2 bridgehead atoms. The van der Waals surface area contributed by atoms with E-state index in [9.17, 15) is 4.21 Å². The van der Waals surface area contributed by atoms with E-state index >= 15 is 0 Å². The van der Waals surface area contributed by atoms with Crippen LogP contribution in [0.3, 0.4) is 0 Å². The number of rotatable bonds is 0. The molecule has 0 amide bonds. The van der Waals surface area contributed by atoms with Crippen LogP contribution in [-0.4, -0.2) is 15.2 Å². The van der Waals surface area contributed by atoms with Crippen LogP contribution in [0.25, 0.3) is 0 Å². The Morgan fingerprint density at radius 1 is 1.08 bits per heavy atom. The van der Waals surface area contributed by atoms with E-state index in [1.807, 2.05) is 0 Å². The largest absolute Gasteiger partial charge is 0.259 e. The first-order valence-electron chi connectivity index (χ1n) is 5.61. The van der Waals surface area contributed by atoms with Crippen molar-refractivity contribution in [2.45, 2.75) is 37.9 Å². The summed E-state index contributed by atoms with van der Waals surface area (Å²) in [5, 5.41) is 0.504. The molecule has 3 saturated carbocycles. The summed E-state index contributed by atoms with van der Waals surface area (Å²) >= 11 is 0. The summed E-state index contributed by atoms with van der Waals surface area (Å²) in [4.78, 5) is 0. The fourth-order valence-electron chi connectivity index (χ4n) is 3.76. The van der Waals surface area contributed by atoms with Crippen molar-refractivity contribution in [3.8, 4) is 0 Å². The SMILES string of the molecule is CC1C2CC3CC(C3)CC2C[S@]1=O. The van der Waals surface area contributed by atoms with Gasteiger partial charge < -0.3 is 0 Å². The fourth-order valence-corrected chi connectivity index (χ4v) is 5.60. The third-order valence-corrected chi connectivity index (χ3v) is 6.51. The van der Waals surface area contributed by atoms with Gasteiger partial charge in [0, 0.05) is 21.8 Å². The lowest BCUT2D eigenvalue weighted by atomic mass is 9.73. The summed E-state index contributed by atoms with van der Waals surface area (Å²) in [6, 6.07) is 0. The van der Waals surface area contributed by atoms with Gasteiger partial charge in [-0.25, -0.2) is 0 Å². The van der Waals surface area contributed by atoms with Crippen LogP contribution in [0.1, 0.15) is 32.6 Å². The first-order chi connectivity index (χ1) is 6.24. The maximum absolute atomic E-state index is 11.7. The van der Waals surface area contributed by atoms with Crippen molar-refractivity contribution in [2.24, 2.45) is 23.7 Å². The fraction of sp³-hybridized carbons (Fsp3) is 1.00. The van der Waals surface area contributed by atoms with Crippen LogP contribution in [0.4, 0.5) is 0 Å². The minimum Gasteiger partial charge on any atom is -0.259 e. The minimum atomic E-state index is -0.490. The second-order valence-corrected chi connectivity index (χ2v) is 7.19. The second kappa shape index (κ2) is 2.82. The molecule has 0 aromatic rings. The van der Waals surface area contributed by atoms with Crippen LogP contribution in [-0.2, 0) is 10.8 Å². The van der Waals surface area contributed by atoms with Gasteiger partial charge >= 0.3 is 0 Å². The van der Waals surface area contributed by atoms with Crippen molar-refractivity contribution < 1.29 is 4.21 Å². The Hall–Kier alpha value is 0.150. The molecule has 74 valence electrons. The topological polar surface area (TPSA) is 17.1 Å². The Kier molecular flexibility index (Phi) is 1.83. The van der Waals surface area contributed by atoms with E-state index in [0.29, 0.717) is 5.25 Å². The molecule has 0 radical (unpaired) electrons. The van der Waals surface area contributed by atoms with E-state index in [1.54, 1.807) is 0 Å². The smallest absolute Gasteiger partial charge is 0.0351 e. The van der Waals surface area contributed by atoms with Gasteiger partial charge in [-0.15, -0.1) is 0 Å². The molecule has 4 rings (SSSR count). The van der Waals surface area contributed by atoms with E-state index in [2.05, 4.69) is 6.92 Å². The van der Waals surface area contributed by atoms with Gasteiger partial charge in [-0.2, -0.15) is 0 Å². The molecule has 13 heavy (non-hydrogen) atoms. The predicted octanol–water partition coefficient (Wildman–Crippen LogP) is 2.19. The summed E-state index contributed by atoms with van der Waals surface area (Å²) in [6.07, 6.45) is 5.78. The van der Waals surface area contributed by atoms with Crippen LogP contribution < -0.4 is 0 Å². The van der Waals surface area contributed by atoms with Crippen LogP contribution in [0.15, 0.2) is 0 Å². The van der Waals surface area contributed by atoms with Crippen molar-refractivity contribution >= 4 is 10.8 Å². The quantitative estimate of drug-likeness (QED) is 0.583. The monoisotopic (exact) mass is 198 g/mol. The Balaban J connectivity index is 1.83. The average molecular weight is 198 g/mol. The maximum atomic E-state index is 11.7. The van der Waals surface area contributed by atoms with Gasteiger partial charge in [-0.1, -0.05) is 6.92 Å². The van der Waals surface area contributed by atoms with Gasteiger partial charge in [-0.3, -0.25) is 4.21 Å². The van der Waals surface area contributed by atoms with Gasteiger partial charge in [0.2, 0.25) is 0 Å². The van der Waals surface area contributed by atoms with Crippen molar-refractivity contribution in [3.63, 3.8) is 0 Å². The van der Waals surface area contributed by atoms with Crippen LogP contribution in [0.2, 0.25) is 0 Å². The first kappa shape index (κ1) is 8.46.